The van der Waals surface area contributed by atoms with E-state index in [9.17, 15) is 23.5 Å². The summed E-state index contributed by atoms with van der Waals surface area (Å²) >= 11 is 0. The number of pyridine rings is 1. The Morgan fingerprint density at radius 1 is 1.15 bits per heavy atom. The highest BCUT2D eigenvalue weighted by Gasteiger charge is 2.40. The van der Waals surface area contributed by atoms with Crippen LogP contribution in [0.15, 0.2) is 49.2 Å². The fourth-order valence-corrected chi connectivity index (χ4v) is 5.91. The number of halogens is 2. The van der Waals surface area contributed by atoms with Gasteiger partial charge in [0.05, 0.1) is 23.0 Å². The SMILES string of the molecule is C=CC(=O)N1CCc2nn(-c3ccc(C4CCC4)cc3O)c3c2[C@H](C1)N(C(=O)c1ccc(OC(F)F)nc1)CC3. The van der Waals surface area contributed by atoms with Gasteiger partial charge in [-0.2, -0.15) is 13.9 Å². The van der Waals surface area contributed by atoms with Crippen LogP contribution in [0.2, 0.25) is 0 Å². The number of amides is 2. The molecule has 11 heteroatoms. The van der Waals surface area contributed by atoms with Crippen LogP contribution < -0.4 is 4.74 Å². The number of phenolic OH excluding ortho intramolecular Hbond substituents is 1. The van der Waals surface area contributed by atoms with Crippen LogP contribution in [0.3, 0.4) is 0 Å². The lowest BCUT2D eigenvalue weighted by Gasteiger charge is -2.37. The van der Waals surface area contributed by atoms with Crippen LogP contribution >= 0.6 is 0 Å². The highest BCUT2D eigenvalue weighted by Crippen LogP contribution is 2.41. The summed E-state index contributed by atoms with van der Waals surface area (Å²) < 4.78 is 31.2. The number of carbonyl (C=O) groups is 2. The molecule has 1 atom stereocenters. The number of aromatic nitrogens is 3. The lowest BCUT2D eigenvalue weighted by Crippen LogP contribution is -2.45. The van der Waals surface area contributed by atoms with Crippen LogP contribution in [0.4, 0.5) is 8.78 Å². The Morgan fingerprint density at radius 3 is 2.62 bits per heavy atom. The van der Waals surface area contributed by atoms with Crippen molar-refractivity contribution in [1.29, 1.82) is 0 Å². The first-order chi connectivity index (χ1) is 19.3. The molecule has 3 aromatic rings. The summed E-state index contributed by atoms with van der Waals surface area (Å²) in [7, 11) is 0. The summed E-state index contributed by atoms with van der Waals surface area (Å²) in [6.45, 7) is 1.58. The van der Waals surface area contributed by atoms with Gasteiger partial charge in [0.1, 0.15) is 11.4 Å². The average molecular weight is 550 g/mol. The maximum atomic E-state index is 13.7. The molecule has 1 saturated carbocycles. The zero-order valence-electron chi connectivity index (χ0n) is 21.8. The average Bonchev–Trinajstić information content (AvgIpc) is 3.16. The van der Waals surface area contributed by atoms with Crippen molar-refractivity contribution in [2.45, 2.75) is 50.7 Å². The van der Waals surface area contributed by atoms with Crippen LogP contribution in [-0.4, -0.2) is 67.7 Å². The van der Waals surface area contributed by atoms with E-state index in [0.717, 1.165) is 35.4 Å². The highest BCUT2D eigenvalue weighted by molar-refractivity contribution is 5.94. The van der Waals surface area contributed by atoms with E-state index in [1.165, 1.54) is 30.8 Å². The van der Waals surface area contributed by atoms with Crippen molar-refractivity contribution in [2.75, 3.05) is 19.6 Å². The Morgan fingerprint density at radius 2 is 1.98 bits per heavy atom. The third-order valence-corrected chi connectivity index (χ3v) is 8.15. The number of hydrogen-bond acceptors (Lipinski definition) is 6. The Labute approximate surface area is 229 Å². The topological polar surface area (TPSA) is 101 Å². The van der Waals surface area contributed by atoms with E-state index >= 15 is 0 Å². The second kappa shape index (κ2) is 10.4. The van der Waals surface area contributed by atoms with Gasteiger partial charge in [-0.3, -0.25) is 9.59 Å². The number of rotatable bonds is 6. The van der Waals surface area contributed by atoms with E-state index in [1.807, 2.05) is 18.2 Å². The minimum Gasteiger partial charge on any atom is -0.506 e. The highest BCUT2D eigenvalue weighted by atomic mass is 19.3. The van der Waals surface area contributed by atoms with E-state index in [2.05, 4.69) is 16.3 Å². The fourth-order valence-electron chi connectivity index (χ4n) is 5.91. The number of phenols is 1. The van der Waals surface area contributed by atoms with E-state index in [0.29, 0.717) is 37.5 Å². The molecule has 0 radical (unpaired) electrons. The molecule has 208 valence electrons. The molecule has 0 bridgehead atoms. The molecule has 4 heterocycles. The lowest BCUT2D eigenvalue weighted by molar-refractivity contribution is -0.126. The number of nitrogens with zero attached hydrogens (tertiary/aromatic N) is 5. The van der Waals surface area contributed by atoms with Crippen LogP contribution in [0, 0.1) is 0 Å². The summed E-state index contributed by atoms with van der Waals surface area (Å²) in [6, 6.07) is 7.91. The summed E-state index contributed by atoms with van der Waals surface area (Å²) in [6.07, 6.45) is 6.89. The molecular formula is C29H29F2N5O4. The number of carbonyl (C=O) groups excluding carboxylic acids is 2. The molecule has 1 N–H and O–H groups in total. The van der Waals surface area contributed by atoms with Crippen molar-refractivity contribution in [1.82, 2.24) is 24.6 Å². The van der Waals surface area contributed by atoms with Crippen LogP contribution in [0.5, 0.6) is 11.6 Å². The Hall–Kier alpha value is -4.28. The number of alkyl halides is 2. The first-order valence-electron chi connectivity index (χ1n) is 13.4. The summed E-state index contributed by atoms with van der Waals surface area (Å²) in [4.78, 5) is 33.5. The number of hydrogen-bond donors (Lipinski definition) is 1. The molecule has 2 aromatic heterocycles. The first-order valence-corrected chi connectivity index (χ1v) is 13.4. The van der Waals surface area contributed by atoms with Crippen molar-refractivity contribution < 1.29 is 28.2 Å². The van der Waals surface area contributed by atoms with Crippen molar-refractivity contribution in [2.24, 2.45) is 0 Å². The van der Waals surface area contributed by atoms with Crippen molar-refractivity contribution in [3.63, 3.8) is 0 Å². The van der Waals surface area contributed by atoms with Gasteiger partial charge in [-0.1, -0.05) is 19.1 Å². The van der Waals surface area contributed by atoms with Gasteiger partial charge in [0.2, 0.25) is 11.8 Å². The van der Waals surface area contributed by atoms with E-state index in [4.69, 9.17) is 5.10 Å². The third-order valence-electron chi connectivity index (χ3n) is 8.15. The van der Waals surface area contributed by atoms with Gasteiger partial charge in [0.25, 0.3) is 5.91 Å². The maximum Gasteiger partial charge on any atom is 0.388 e. The predicted octanol–water partition coefficient (Wildman–Crippen LogP) is 4.15. The Balaban J connectivity index is 1.37. The number of aromatic hydroxyl groups is 1. The maximum absolute atomic E-state index is 13.7. The first kappa shape index (κ1) is 26.0. The molecule has 9 nitrogen and oxygen atoms in total. The van der Waals surface area contributed by atoms with Crippen LogP contribution in [0.1, 0.15) is 64.1 Å². The molecule has 0 saturated heterocycles. The zero-order valence-corrected chi connectivity index (χ0v) is 21.8. The fraction of sp³-hybridized carbons (Fsp3) is 0.379. The molecule has 0 unspecified atom stereocenters. The minimum atomic E-state index is -3.02. The lowest BCUT2D eigenvalue weighted by atomic mass is 9.80. The normalized spacial score (nSPS) is 18.6. The third kappa shape index (κ3) is 4.59. The van der Waals surface area contributed by atoms with Crippen molar-refractivity contribution in [3.05, 3.63) is 77.3 Å². The monoisotopic (exact) mass is 549 g/mol. The molecule has 3 aliphatic rings. The second-order valence-corrected chi connectivity index (χ2v) is 10.4. The second-order valence-electron chi connectivity index (χ2n) is 10.4. The van der Waals surface area contributed by atoms with E-state index in [1.54, 1.807) is 14.5 Å². The van der Waals surface area contributed by atoms with E-state index < -0.39 is 12.7 Å². The summed E-state index contributed by atoms with van der Waals surface area (Å²) in [5.74, 6) is -0.219. The minimum absolute atomic E-state index is 0.161. The number of benzene rings is 1. The molecule has 0 spiro atoms. The van der Waals surface area contributed by atoms with Gasteiger partial charge in [-0.25, -0.2) is 9.67 Å². The molecule has 1 fully saturated rings. The van der Waals surface area contributed by atoms with Gasteiger partial charge < -0.3 is 19.6 Å². The molecule has 1 aliphatic carbocycles. The summed E-state index contributed by atoms with van der Waals surface area (Å²) in [5.41, 5.74) is 4.45. The summed E-state index contributed by atoms with van der Waals surface area (Å²) in [5, 5.41) is 15.9. The quantitative estimate of drug-likeness (QED) is 0.464. The van der Waals surface area contributed by atoms with Crippen LogP contribution in [0.25, 0.3) is 5.69 Å². The molecule has 6 rings (SSSR count). The predicted molar refractivity (Wildman–Crippen MR) is 141 cm³/mol. The smallest absolute Gasteiger partial charge is 0.388 e. The van der Waals surface area contributed by atoms with Gasteiger partial charge in [0.15, 0.2) is 0 Å². The molecule has 40 heavy (non-hydrogen) atoms. The Kier molecular flexibility index (Phi) is 6.73. The Bertz CT molecular complexity index is 1470. The van der Waals surface area contributed by atoms with Gasteiger partial charge in [-0.15, -0.1) is 0 Å². The standard InChI is InChI=1S/C29H29F2N5O4/c1-2-26(38)34-12-10-20-27-22(36(33-20)21-8-6-18(14-24(21)37)17-4-3-5-17)11-13-35(23(27)16-34)28(39)19-7-9-25(32-15-19)40-29(30)31/h2,6-9,14-15,17,23,29,37H,1,3-5,10-13,16H2/t23-/m0/s1. The van der Waals surface area contributed by atoms with Crippen molar-refractivity contribution >= 4 is 11.8 Å². The molecule has 2 amide bonds. The van der Waals surface area contributed by atoms with Gasteiger partial charge in [0, 0.05) is 50.3 Å². The van der Waals surface area contributed by atoms with Gasteiger partial charge >= 0.3 is 6.61 Å². The van der Waals surface area contributed by atoms with Crippen molar-refractivity contribution in [3.8, 4) is 17.3 Å². The number of ether oxygens (including phenoxy) is 1. The molecule has 1 aromatic carbocycles. The largest absolute Gasteiger partial charge is 0.506 e. The van der Waals surface area contributed by atoms with E-state index in [-0.39, 0.29) is 35.6 Å². The van der Waals surface area contributed by atoms with Gasteiger partial charge in [-0.05, 0) is 48.6 Å². The van der Waals surface area contributed by atoms with Crippen LogP contribution in [-0.2, 0) is 17.6 Å². The molecular weight excluding hydrogens is 520 g/mol. The zero-order chi connectivity index (χ0) is 28.0. The molecule has 2 aliphatic heterocycles.